The molecule has 0 unspecified atom stereocenters. The molecule has 37 heavy (non-hydrogen) atoms. The number of aryl methyl sites for hydroxylation is 1. The van der Waals surface area contributed by atoms with Gasteiger partial charge in [0.05, 0.1) is 22.0 Å². The number of nitrogens with zero attached hydrogens (tertiary/aromatic N) is 2. The summed E-state index contributed by atoms with van der Waals surface area (Å²) < 4.78 is 26.3. The lowest BCUT2D eigenvalue weighted by atomic mass is 10.1. The molecule has 0 saturated carbocycles. The number of halogens is 3. The van der Waals surface area contributed by atoms with Gasteiger partial charge in [-0.15, -0.1) is 0 Å². The molecule has 2 rings (SSSR count). The first-order valence-electron chi connectivity index (χ1n) is 12.0. The zero-order valence-corrected chi connectivity index (χ0v) is 24.8. The van der Waals surface area contributed by atoms with E-state index in [0.29, 0.717) is 27.3 Å². The van der Waals surface area contributed by atoms with Crippen molar-refractivity contribution in [2.45, 2.75) is 53.1 Å². The van der Waals surface area contributed by atoms with Crippen molar-refractivity contribution in [1.29, 1.82) is 0 Å². The zero-order chi connectivity index (χ0) is 27.9. The molecule has 0 aromatic heterocycles. The van der Waals surface area contributed by atoms with Crippen molar-refractivity contribution in [3.8, 4) is 0 Å². The van der Waals surface area contributed by atoms with Crippen LogP contribution in [0.4, 0.5) is 5.69 Å². The number of carbonyl (C=O) groups is 2. The number of hydrogen-bond acceptors (Lipinski definition) is 4. The molecule has 0 aliphatic carbocycles. The van der Waals surface area contributed by atoms with Crippen LogP contribution >= 0.6 is 34.8 Å². The maximum atomic E-state index is 13.4. The summed E-state index contributed by atoms with van der Waals surface area (Å²) in [7, 11) is -3.62. The lowest BCUT2D eigenvalue weighted by molar-refractivity contribution is -0.140. The Balaban J connectivity index is 2.22. The van der Waals surface area contributed by atoms with Crippen LogP contribution in [0.1, 0.15) is 44.7 Å². The van der Waals surface area contributed by atoms with Crippen molar-refractivity contribution >= 4 is 62.3 Å². The summed E-state index contributed by atoms with van der Waals surface area (Å²) in [5, 5.41) is 4.03. The molecule has 0 fully saturated rings. The third-order valence-electron chi connectivity index (χ3n) is 5.78. The summed E-state index contributed by atoms with van der Waals surface area (Å²) >= 11 is 18.3. The third kappa shape index (κ3) is 9.36. The van der Waals surface area contributed by atoms with Gasteiger partial charge in [-0.1, -0.05) is 60.8 Å². The highest BCUT2D eigenvalue weighted by Crippen LogP contribution is 2.27. The predicted octanol–water partition coefficient (Wildman–Crippen LogP) is 5.69. The topological polar surface area (TPSA) is 86.8 Å². The Morgan fingerprint density at radius 3 is 2.27 bits per heavy atom. The highest BCUT2D eigenvalue weighted by atomic mass is 35.5. The van der Waals surface area contributed by atoms with Crippen LogP contribution < -0.4 is 9.62 Å². The molecular weight excluding hydrogens is 557 g/mol. The van der Waals surface area contributed by atoms with Gasteiger partial charge in [-0.3, -0.25) is 13.9 Å². The van der Waals surface area contributed by atoms with Crippen LogP contribution in [-0.4, -0.2) is 50.5 Å². The van der Waals surface area contributed by atoms with Crippen LogP contribution in [0.5, 0.6) is 0 Å². The molecule has 0 bridgehead atoms. The van der Waals surface area contributed by atoms with Crippen molar-refractivity contribution in [1.82, 2.24) is 10.2 Å². The van der Waals surface area contributed by atoms with Crippen LogP contribution in [0.2, 0.25) is 15.1 Å². The summed E-state index contributed by atoms with van der Waals surface area (Å²) in [5.41, 5.74) is 1.94. The molecule has 0 aliphatic heterocycles. The van der Waals surface area contributed by atoms with Gasteiger partial charge in [-0.05, 0) is 61.6 Å². The van der Waals surface area contributed by atoms with Crippen LogP contribution in [-0.2, 0) is 26.2 Å². The minimum absolute atomic E-state index is 0.0365. The molecule has 2 amide bonds. The largest absolute Gasteiger partial charge is 0.354 e. The molecule has 0 radical (unpaired) electrons. The Bertz CT molecular complexity index is 1220. The average Bonchev–Trinajstić information content (AvgIpc) is 2.81. The van der Waals surface area contributed by atoms with E-state index in [2.05, 4.69) is 5.32 Å². The van der Waals surface area contributed by atoms with E-state index in [9.17, 15) is 18.0 Å². The average molecular weight is 591 g/mol. The first-order valence-corrected chi connectivity index (χ1v) is 14.9. The molecular formula is C26H34Cl3N3O4S. The molecule has 11 heteroatoms. The van der Waals surface area contributed by atoms with E-state index in [1.165, 1.54) is 9.21 Å². The molecule has 7 nitrogen and oxygen atoms in total. The van der Waals surface area contributed by atoms with E-state index in [4.69, 9.17) is 34.8 Å². The summed E-state index contributed by atoms with van der Waals surface area (Å²) in [6.45, 7) is 8.15. The van der Waals surface area contributed by atoms with Crippen molar-refractivity contribution in [3.05, 3.63) is 62.6 Å². The maximum Gasteiger partial charge on any atom is 0.242 e. The van der Waals surface area contributed by atoms with Gasteiger partial charge in [0, 0.05) is 31.1 Å². The SMILES string of the molecule is Cc1ccc(Cl)cc1N(CCCC(=O)N(Cc1ccc(Cl)c(Cl)c1)[C@@H](C)C(=O)NCC(C)C)S(C)(=O)=O. The van der Waals surface area contributed by atoms with Crippen LogP contribution in [0.15, 0.2) is 36.4 Å². The molecule has 204 valence electrons. The van der Waals surface area contributed by atoms with E-state index in [0.717, 1.165) is 17.4 Å². The predicted molar refractivity (Wildman–Crippen MR) is 152 cm³/mol. The molecule has 1 N–H and O–H groups in total. The molecule has 2 aromatic rings. The Labute approximate surface area is 235 Å². The fourth-order valence-electron chi connectivity index (χ4n) is 3.70. The first-order chi connectivity index (χ1) is 17.2. The Morgan fingerprint density at radius 1 is 1.00 bits per heavy atom. The molecule has 0 spiro atoms. The van der Waals surface area contributed by atoms with Gasteiger partial charge in [0.1, 0.15) is 6.04 Å². The monoisotopic (exact) mass is 589 g/mol. The quantitative estimate of drug-likeness (QED) is 0.344. The van der Waals surface area contributed by atoms with Gasteiger partial charge in [-0.2, -0.15) is 0 Å². The minimum Gasteiger partial charge on any atom is -0.354 e. The summed E-state index contributed by atoms with van der Waals surface area (Å²) in [6, 6.07) is 9.34. The number of sulfonamides is 1. The minimum atomic E-state index is -3.62. The summed E-state index contributed by atoms with van der Waals surface area (Å²) in [5.74, 6) is -0.295. The molecule has 1 atom stereocenters. The number of rotatable bonds is 12. The van der Waals surface area contributed by atoms with Crippen molar-refractivity contribution in [2.24, 2.45) is 5.92 Å². The second kappa shape index (κ2) is 13.7. The van der Waals surface area contributed by atoms with Crippen molar-refractivity contribution < 1.29 is 18.0 Å². The second-order valence-corrected chi connectivity index (χ2v) is 12.6. The van der Waals surface area contributed by atoms with Gasteiger partial charge in [0.2, 0.25) is 21.8 Å². The number of nitrogens with one attached hydrogen (secondary N) is 1. The molecule has 0 heterocycles. The van der Waals surface area contributed by atoms with Crippen LogP contribution in [0, 0.1) is 12.8 Å². The fourth-order valence-corrected chi connectivity index (χ4v) is 5.21. The smallest absolute Gasteiger partial charge is 0.242 e. The van der Waals surface area contributed by atoms with Crippen LogP contribution in [0.3, 0.4) is 0 Å². The van der Waals surface area contributed by atoms with Gasteiger partial charge in [-0.25, -0.2) is 8.42 Å². The molecule has 2 aromatic carbocycles. The van der Waals surface area contributed by atoms with E-state index >= 15 is 0 Å². The number of hydrogen-bond donors (Lipinski definition) is 1. The standard InChI is InChI=1S/C26H34Cl3N3O4S/c1-17(2)15-30-26(34)19(4)31(16-20-9-11-22(28)23(29)13-20)25(33)7-6-12-32(37(5,35)36)24-14-21(27)10-8-18(24)3/h8-11,13-14,17,19H,6-7,12,15-16H2,1-5H3,(H,30,34)/t19-/m0/s1. The normalized spacial score (nSPS) is 12.4. The number of benzene rings is 2. The van der Waals surface area contributed by atoms with Crippen molar-refractivity contribution in [2.75, 3.05) is 23.7 Å². The van der Waals surface area contributed by atoms with E-state index in [-0.39, 0.29) is 43.7 Å². The van der Waals surface area contributed by atoms with E-state index in [1.807, 2.05) is 13.8 Å². The van der Waals surface area contributed by atoms with Gasteiger partial charge in [0.15, 0.2) is 0 Å². The second-order valence-electron chi connectivity index (χ2n) is 9.45. The highest BCUT2D eigenvalue weighted by molar-refractivity contribution is 7.92. The lowest BCUT2D eigenvalue weighted by Gasteiger charge is -2.30. The Kier molecular flexibility index (Phi) is 11.6. The van der Waals surface area contributed by atoms with Gasteiger partial charge < -0.3 is 10.2 Å². The first kappa shape index (κ1) is 31.2. The number of amides is 2. The number of anilines is 1. The highest BCUT2D eigenvalue weighted by Gasteiger charge is 2.27. The zero-order valence-electron chi connectivity index (χ0n) is 21.7. The number of carbonyl (C=O) groups excluding carboxylic acids is 2. The molecule has 0 saturated heterocycles. The molecule has 0 aliphatic rings. The fraction of sp³-hybridized carbons (Fsp3) is 0.462. The van der Waals surface area contributed by atoms with Crippen molar-refractivity contribution in [3.63, 3.8) is 0 Å². The Morgan fingerprint density at radius 2 is 1.68 bits per heavy atom. The van der Waals surface area contributed by atoms with E-state index < -0.39 is 16.1 Å². The summed E-state index contributed by atoms with van der Waals surface area (Å²) in [4.78, 5) is 27.7. The van der Waals surface area contributed by atoms with Gasteiger partial charge in [0.25, 0.3) is 0 Å². The van der Waals surface area contributed by atoms with Gasteiger partial charge >= 0.3 is 0 Å². The maximum absolute atomic E-state index is 13.4. The Hall–Kier alpha value is -2.00. The van der Waals surface area contributed by atoms with Crippen LogP contribution in [0.25, 0.3) is 0 Å². The lowest BCUT2D eigenvalue weighted by Crippen LogP contribution is -2.48. The third-order valence-corrected chi connectivity index (χ3v) is 7.93. The van der Waals surface area contributed by atoms with E-state index in [1.54, 1.807) is 50.2 Å². The summed E-state index contributed by atoms with van der Waals surface area (Å²) in [6.07, 6.45) is 1.40.